The largest absolute Gasteiger partial charge is 0.381 e. The lowest BCUT2D eigenvalue weighted by atomic mass is 9.89. The third kappa shape index (κ3) is 4.71. The van der Waals surface area contributed by atoms with Crippen LogP contribution in [0.3, 0.4) is 0 Å². The Balaban J connectivity index is 1.21. The molecule has 1 N–H and O–H groups in total. The van der Waals surface area contributed by atoms with Crippen molar-refractivity contribution in [1.82, 2.24) is 24.1 Å². The predicted octanol–water partition coefficient (Wildman–Crippen LogP) is 2.24. The van der Waals surface area contributed by atoms with Crippen molar-refractivity contribution in [3.8, 4) is 5.69 Å². The van der Waals surface area contributed by atoms with E-state index in [0.29, 0.717) is 11.6 Å². The zero-order valence-corrected chi connectivity index (χ0v) is 18.4. The van der Waals surface area contributed by atoms with Gasteiger partial charge in [-0.1, -0.05) is 0 Å². The molecule has 0 bridgehead atoms. The number of likely N-dealkylation sites (tertiary alicyclic amines) is 1. The molecule has 0 amide bonds. The van der Waals surface area contributed by atoms with Crippen LogP contribution in [-0.4, -0.2) is 56.9 Å². The molecule has 0 atom stereocenters. The number of hydrogen-bond donors (Lipinski definition) is 1. The number of pyridine rings is 1. The first kappa shape index (κ1) is 21.2. The number of fused-ring (bicyclic) bond motifs is 1. The zero-order valence-electron chi connectivity index (χ0n) is 18.4. The summed E-state index contributed by atoms with van der Waals surface area (Å²) in [6.45, 7) is 5.46. The Morgan fingerprint density at radius 3 is 2.62 bits per heavy atom. The number of aromatic nitrogens is 4. The lowest BCUT2D eigenvalue weighted by Gasteiger charge is -2.33. The molecular formula is C24H31N5O3. The van der Waals surface area contributed by atoms with Gasteiger partial charge in [-0.2, -0.15) is 5.10 Å². The molecule has 8 heteroatoms. The summed E-state index contributed by atoms with van der Waals surface area (Å²) in [7, 11) is 0. The third-order valence-corrected chi connectivity index (χ3v) is 7.08. The minimum Gasteiger partial charge on any atom is -0.381 e. The van der Waals surface area contributed by atoms with Crippen LogP contribution >= 0.6 is 0 Å². The molecule has 0 radical (unpaired) electrons. The highest BCUT2D eigenvalue weighted by Gasteiger charge is 2.21. The molecule has 5 heterocycles. The van der Waals surface area contributed by atoms with Gasteiger partial charge in [-0.05, 0) is 87.7 Å². The van der Waals surface area contributed by atoms with Gasteiger partial charge in [0, 0.05) is 31.7 Å². The van der Waals surface area contributed by atoms with Gasteiger partial charge >= 0.3 is 5.69 Å². The van der Waals surface area contributed by atoms with Crippen molar-refractivity contribution < 1.29 is 4.74 Å². The number of piperidine rings is 1. The van der Waals surface area contributed by atoms with Crippen LogP contribution in [0.5, 0.6) is 0 Å². The van der Waals surface area contributed by atoms with Crippen molar-refractivity contribution in [2.24, 2.45) is 11.8 Å². The maximum Gasteiger partial charge on any atom is 0.333 e. The first-order valence-electron chi connectivity index (χ1n) is 11.7. The van der Waals surface area contributed by atoms with Gasteiger partial charge in [-0.3, -0.25) is 14.3 Å². The lowest BCUT2D eigenvalue weighted by molar-refractivity contribution is 0.0581. The van der Waals surface area contributed by atoms with E-state index in [2.05, 4.69) is 27.1 Å². The van der Waals surface area contributed by atoms with Crippen molar-refractivity contribution in [2.75, 3.05) is 32.8 Å². The predicted molar refractivity (Wildman–Crippen MR) is 122 cm³/mol. The molecule has 5 rings (SSSR count). The molecule has 8 nitrogen and oxygen atoms in total. The second-order valence-corrected chi connectivity index (χ2v) is 9.21. The highest BCUT2D eigenvalue weighted by atomic mass is 16.5. The van der Waals surface area contributed by atoms with Crippen molar-refractivity contribution in [3.63, 3.8) is 0 Å². The molecule has 32 heavy (non-hydrogen) atoms. The van der Waals surface area contributed by atoms with Gasteiger partial charge in [0.25, 0.3) is 5.56 Å². The summed E-state index contributed by atoms with van der Waals surface area (Å²) in [5, 5.41) is 4.37. The summed E-state index contributed by atoms with van der Waals surface area (Å²) >= 11 is 0. The van der Waals surface area contributed by atoms with Crippen molar-refractivity contribution in [1.29, 1.82) is 0 Å². The average molecular weight is 438 g/mol. The molecule has 3 aromatic rings. The molecule has 170 valence electrons. The maximum atomic E-state index is 12.2. The molecule has 3 aromatic heterocycles. The van der Waals surface area contributed by atoms with Gasteiger partial charge in [0.15, 0.2) is 0 Å². The van der Waals surface area contributed by atoms with E-state index in [-0.39, 0.29) is 0 Å². The SMILES string of the molecule is O=c1ccn(-c2cnn3ccc(CC4CCN(CCC5CCOCC5)CC4)cc23)c(=O)[nH]1. The minimum atomic E-state index is -0.453. The van der Waals surface area contributed by atoms with Crippen LogP contribution in [0.2, 0.25) is 0 Å². The fraction of sp³-hybridized carbons (Fsp3) is 0.542. The number of rotatable bonds is 6. The molecule has 2 aliphatic rings. The number of hydrogen-bond acceptors (Lipinski definition) is 5. The van der Waals surface area contributed by atoms with Crippen LogP contribution in [0.15, 0.2) is 46.4 Å². The molecule has 0 aliphatic carbocycles. The molecule has 0 spiro atoms. The van der Waals surface area contributed by atoms with E-state index in [4.69, 9.17) is 4.74 Å². The maximum absolute atomic E-state index is 12.2. The van der Waals surface area contributed by atoms with Crippen molar-refractivity contribution in [3.05, 3.63) is 63.2 Å². The van der Waals surface area contributed by atoms with Gasteiger partial charge in [0.2, 0.25) is 0 Å². The average Bonchev–Trinajstić information content (AvgIpc) is 3.22. The van der Waals surface area contributed by atoms with E-state index in [1.807, 2.05) is 6.20 Å². The summed E-state index contributed by atoms with van der Waals surface area (Å²) in [6, 6.07) is 5.60. The fourth-order valence-corrected chi connectivity index (χ4v) is 5.08. The fourth-order valence-electron chi connectivity index (χ4n) is 5.08. The molecule has 0 saturated carbocycles. The summed E-state index contributed by atoms with van der Waals surface area (Å²) in [4.78, 5) is 28.6. The summed E-state index contributed by atoms with van der Waals surface area (Å²) < 4.78 is 8.68. The van der Waals surface area contributed by atoms with Gasteiger partial charge in [-0.15, -0.1) is 0 Å². The first-order chi connectivity index (χ1) is 15.7. The number of nitrogens with one attached hydrogen (secondary N) is 1. The highest BCUT2D eigenvalue weighted by Crippen LogP contribution is 2.25. The number of ether oxygens (including phenoxy) is 1. The minimum absolute atomic E-state index is 0.400. The Morgan fingerprint density at radius 2 is 1.84 bits per heavy atom. The summed E-state index contributed by atoms with van der Waals surface area (Å²) in [5.74, 6) is 1.52. The Labute approximate surface area is 186 Å². The number of aromatic amines is 1. The normalized spacial score (nSPS) is 19.0. The third-order valence-electron chi connectivity index (χ3n) is 7.08. The molecular weight excluding hydrogens is 406 g/mol. The van der Waals surface area contributed by atoms with Gasteiger partial charge < -0.3 is 9.64 Å². The number of H-pyrrole nitrogens is 1. The zero-order chi connectivity index (χ0) is 21.9. The Bertz CT molecular complexity index is 1170. The molecule has 2 saturated heterocycles. The van der Waals surface area contributed by atoms with E-state index in [1.54, 1.807) is 10.7 Å². The van der Waals surface area contributed by atoms with E-state index in [1.165, 1.54) is 74.1 Å². The standard InChI is InChI=1S/C24H31N5O3/c30-23-5-11-28(24(31)26-23)22-17-25-29-12-4-20(16-21(22)29)15-19-2-9-27(10-3-19)8-1-18-6-13-32-14-7-18/h4-5,11-12,16-19H,1-3,6-10,13-15H2,(H,26,30,31). The van der Waals surface area contributed by atoms with E-state index in [0.717, 1.165) is 31.1 Å². The van der Waals surface area contributed by atoms with E-state index < -0.39 is 11.2 Å². The van der Waals surface area contributed by atoms with Gasteiger partial charge in [-0.25, -0.2) is 9.31 Å². The topological polar surface area (TPSA) is 84.6 Å². The quantitative estimate of drug-likeness (QED) is 0.639. The van der Waals surface area contributed by atoms with Crippen LogP contribution in [-0.2, 0) is 11.2 Å². The second-order valence-electron chi connectivity index (χ2n) is 9.21. The van der Waals surface area contributed by atoms with E-state index in [9.17, 15) is 9.59 Å². The summed E-state index contributed by atoms with van der Waals surface area (Å²) in [5.41, 5.74) is 1.95. The Hall–Kier alpha value is -2.71. The second kappa shape index (κ2) is 9.42. The molecule has 2 aliphatic heterocycles. The van der Waals surface area contributed by atoms with Crippen LogP contribution in [0, 0.1) is 11.8 Å². The van der Waals surface area contributed by atoms with Crippen LogP contribution < -0.4 is 11.2 Å². The lowest BCUT2D eigenvalue weighted by Crippen LogP contribution is -2.36. The van der Waals surface area contributed by atoms with E-state index >= 15 is 0 Å². The van der Waals surface area contributed by atoms with Crippen LogP contribution in [0.25, 0.3) is 11.2 Å². The van der Waals surface area contributed by atoms with Gasteiger partial charge in [0.05, 0.1) is 17.4 Å². The van der Waals surface area contributed by atoms with Crippen molar-refractivity contribution >= 4 is 5.52 Å². The van der Waals surface area contributed by atoms with Crippen LogP contribution in [0.4, 0.5) is 0 Å². The highest BCUT2D eigenvalue weighted by molar-refractivity contribution is 5.64. The van der Waals surface area contributed by atoms with Crippen molar-refractivity contribution in [2.45, 2.75) is 38.5 Å². The molecule has 2 fully saturated rings. The number of nitrogens with zero attached hydrogens (tertiary/aromatic N) is 4. The monoisotopic (exact) mass is 437 g/mol. The van der Waals surface area contributed by atoms with Crippen LogP contribution in [0.1, 0.15) is 37.7 Å². The Kier molecular flexibility index (Phi) is 6.23. The smallest absolute Gasteiger partial charge is 0.333 e. The molecule has 0 aromatic carbocycles. The Morgan fingerprint density at radius 1 is 1.03 bits per heavy atom. The summed E-state index contributed by atoms with van der Waals surface area (Å²) in [6.07, 6.45) is 12.4. The van der Waals surface area contributed by atoms with Gasteiger partial charge in [0.1, 0.15) is 0 Å². The molecule has 0 unspecified atom stereocenters. The first-order valence-corrected chi connectivity index (χ1v) is 11.7.